The molecule has 0 atom stereocenters. The highest BCUT2D eigenvalue weighted by molar-refractivity contribution is 6.05. The van der Waals surface area contributed by atoms with Crippen molar-refractivity contribution in [3.05, 3.63) is 64.5 Å². The van der Waals surface area contributed by atoms with Gasteiger partial charge in [-0.05, 0) is 60.7 Å². The lowest BCUT2D eigenvalue weighted by Gasteiger charge is -2.15. The van der Waals surface area contributed by atoms with E-state index >= 15 is 0 Å². The summed E-state index contributed by atoms with van der Waals surface area (Å²) in [6.07, 6.45) is 0. The Bertz CT molecular complexity index is 993. The van der Waals surface area contributed by atoms with Gasteiger partial charge < -0.3 is 5.11 Å². The molecular weight excluding hydrogens is 317 g/mol. The van der Waals surface area contributed by atoms with Crippen molar-refractivity contribution in [3.63, 3.8) is 0 Å². The molecule has 0 aliphatic carbocycles. The van der Waals surface area contributed by atoms with E-state index < -0.39 is 11.8 Å². The van der Waals surface area contributed by atoms with E-state index in [0.717, 1.165) is 5.56 Å². The predicted octanol–water partition coefficient (Wildman–Crippen LogP) is 5.48. The molecule has 0 amide bonds. The molecule has 25 heavy (non-hydrogen) atoms. The standard InChI is InChI=1S/C21H20FNO2/c1-11(2)16-9-14(6-5-12(16)3)20-13(4)19(21(24)25)17-10-15(22)7-8-18(17)23-20/h5-11H,1-4H3,(H,24,25). The molecule has 4 heteroatoms. The molecule has 0 saturated carbocycles. The van der Waals surface area contributed by atoms with E-state index in [1.807, 2.05) is 12.1 Å². The smallest absolute Gasteiger partial charge is 0.336 e. The first kappa shape index (κ1) is 17.1. The molecule has 0 aliphatic rings. The molecule has 3 aromatic rings. The number of aromatic carboxylic acids is 1. The van der Waals surface area contributed by atoms with Gasteiger partial charge in [-0.1, -0.05) is 26.0 Å². The summed E-state index contributed by atoms with van der Waals surface area (Å²) in [6, 6.07) is 10.1. The first-order chi connectivity index (χ1) is 11.8. The van der Waals surface area contributed by atoms with E-state index in [-0.39, 0.29) is 5.56 Å². The molecule has 1 heterocycles. The number of carboxylic acids is 1. The van der Waals surface area contributed by atoms with Crippen molar-refractivity contribution in [1.82, 2.24) is 4.98 Å². The van der Waals surface area contributed by atoms with E-state index in [0.29, 0.717) is 28.1 Å². The second kappa shape index (κ2) is 6.28. The fourth-order valence-corrected chi connectivity index (χ4v) is 3.30. The average Bonchev–Trinajstić information content (AvgIpc) is 2.54. The third-order valence-corrected chi connectivity index (χ3v) is 4.58. The number of carboxylic acid groups (broad SMARTS) is 1. The Morgan fingerprint density at radius 3 is 2.48 bits per heavy atom. The topological polar surface area (TPSA) is 50.2 Å². The highest BCUT2D eigenvalue weighted by Crippen LogP contribution is 2.32. The van der Waals surface area contributed by atoms with Gasteiger partial charge in [0.2, 0.25) is 0 Å². The molecule has 0 unspecified atom stereocenters. The summed E-state index contributed by atoms with van der Waals surface area (Å²) in [4.78, 5) is 16.4. The molecule has 0 bridgehead atoms. The van der Waals surface area contributed by atoms with Crippen LogP contribution in [0.4, 0.5) is 4.39 Å². The van der Waals surface area contributed by atoms with Crippen LogP contribution in [0, 0.1) is 19.7 Å². The highest BCUT2D eigenvalue weighted by atomic mass is 19.1. The van der Waals surface area contributed by atoms with Crippen molar-refractivity contribution in [2.24, 2.45) is 0 Å². The Morgan fingerprint density at radius 2 is 1.84 bits per heavy atom. The van der Waals surface area contributed by atoms with Crippen molar-refractivity contribution in [2.75, 3.05) is 0 Å². The van der Waals surface area contributed by atoms with Crippen LogP contribution in [0.3, 0.4) is 0 Å². The molecule has 0 fully saturated rings. The van der Waals surface area contributed by atoms with Crippen molar-refractivity contribution in [1.29, 1.82) is 0 Å². The summed E-state index contributed by atoms with van der Waals surface area (Å²) >= 11 is 0. The maximum absolute atomic E-state index is 13.6. The van der Waals surface area contributed by atoms with E-state index in [4.69, 9.17) is 0 Å². The third kappa shape index (κ3) is 3.00. The fraction of sp³-hybridized carbons (Fsp3) is 0.238. The van der Waals surface area contributed by atoms with E-state index in [1.54, 1.807) is 6.92 Å². The van der Waals surface area contributed by atoms with Crippen molar-refractivity contribution in [2.45, 2.75) is 33.6 Å². The van der Waals surface area contributed by atoms with Crippen LogP contribution in [-0.4, -0.2) is 16.1 Å². The normalized spacial score (nSPS) is 11.3. The molecule has 1 N–H and O–H groups in total. The zero-order valence-electron chi connectivity index (χ0n) is 14.7. The Hall–Kier alpha value is -2.75. The molecule has 0 spiro atoms. The van der Waals surface area contributed by atoms with Gasteiger partial charge in [0.15, 0.2) is 0 Å². The van der Waals surface area contributed by atoms with Crippen LogP contribution in [0.1, 0.15) is 46.8 Å². The van der Waals surface area contributed by atoms with Gasteiger partial charge in [-0.3, -0.25) is 0 Å². The molecule has 1 aromatic heterocycles. The lowest BCUT2D eigenvalue weighted by Crippen LogP contribution is -2.05. The average molecular weight is 337 g/mol. The first-order valence-corrected chi connectivity index (χ1v) is 8.23. The fourth-order valence-electron chi connectivity index (χ4n) is 3.30. The molecule has 3 rings (SSSR count). The number of rotatable bonds is 3. The largest absolute Gasteiger partial charge is 0.478 e. The lowest BCUT2D eigenvalue weighted by atomic mass is 9.92. The van der Waals surface area contributed by atoms with Gasteiger partial charge in [0.25, 0.3) is 0 Å². The summed E-state index contributed by atoms with van der Waals surface area (Å²) in [6.45, 7) is 8.03. The minimum absolute atomic E-state index is 0.103. The summed E-state index contributed by atoms with van der Waals surface area (Å²) < 4.78 is 13.6. The number of pyridine rings is 1. The molecule has 3 nitrogen and oxygen atoms in total. The Balaban J connectivity index is 2.34. The van der Waals surface area contributed by atoms with Crippen LogP contribution < -0.4 is 0 Å². The second-order valence-electron chi connectivity index (χ2n) is 6.65. The van der Waals surface area contributed by atoms with Crippen LogP contribution in [0.15, 0.2) is 36.4 Å². The summed E-state index contributed by atoms with van der Waals surface area (Å²) in [7, 11) is 0. The maximum Gasteiger partial charge on any atom is 0.336 e. The van der Waals surface area contributed by atoms with Crippen LogP contribution in [-0.2, 0) is 0 Å². The maximum atomic E-state index is 13.6. The first-order valence-electron chi connectivity index (χ1n) is 8.23. The van der Waals surface area contributed by atoms with Gasteiger partial charge in [-0.2, -0.15) is 0 Å². The molecular formula is C21H20FNO2. The zero-order valence-corrected chi connectivity index (χ0v) is 14.7. The number of fused-ring (bicyclic) bond motifs is 1. The van der Waals surface area contributed by atoms with Crippen LogP contribution in [0.5, 0.6) is 0 Å². The van der Waals surface area contributed by atoms with Gasteiger partial charge in [-0.25, -0.2) is 14.2 Å². The summed E-state index contributed by atoms with van der Waals surface area (Å²) in [5.41, 5.74) is 5.02. The molecule has 128 valence electrons. The third-order valence-electron chi connectivity index (χ3n) is 4.58. The number of aromatic nitrogens is 1. The number of hydrogen-bond donors (Lipinski definition) is 1. The predicted molar refractivity (Wildman–Crippen MR) is 97.7 cm³/mol. The zero-order chi connectivity index (χ0) is 18.3. The monoisotopic (exact) mass is 337 g/mol. The van der Waals surface area contributed by atoms with Crippen LogP contribution in [0.2, 0.25) is 0 Å². The van der Waals surface area contributed by atoms with E-state index in [9.17, 15) is 14.3 Å². The van der Waals surface area contributed by atoms with Crippen LogP contribution in [0.25, 0.3) is 22.2 Å². The van der Waals surface area contributed by atoms with Gasteiger partial charge in [0, 0.05) is 10.9 Å². The molecule has 0 saturated heterocycles. The molecule has 0 radical (unpaired) electrons. The van der Waals surface area contributed by atoms with E-state index in [1.165, 1.54) is 29.3 Å². The quantitative estimate of drug-likeness (QED) is 0.688. The number of benzene rings is 2. The molecule has 0 aliphatic heterocycles. The van der Waals surface area contributed by atoms with E-state index in [2.05, 4.69) is 31.8 Å². The summed E-state index contributed by atoms with van der Waals surface area (Å²) in [5.74, 6) is -1.19. The van der Waals surface area contributed by atoms with Gasteiger partial charge >= 0.3 is 5.97 Å². The number of nitrogens with zero attached hydrogens (tertiary/aromatic N) is 1. The second-order valence-corrected chi connectivity index (χ2v) is 6.65. The Morgan fingerprint density at radius 1 is 1.12 bits per heavy atom. The van der Waals surface area contributed by atoms with Gasteiger partial charge in [-0.15, -0.1) is 0 Å². The Kier molecular flexibility index (Phi) is 4.29. The lowest BCUT2D eigenvalue weighted by molar-refractivity contribution is 0.0698. The SMILES string of the molecule is Cc1ccc(-c2nc3ccc(F)cc3c(C(=O)O)c2C)cc1C(C)C. The van der Waals surface area contributed by atoms with Gasteiger partial charge in [0.1, 0.15) is 5.82 Å². The van der Waals surface area contributed by atoms with Crippen molar-refractivity contribution in [3.8, 4) is 11.3 Å². The molecule has 2 aromatic carbocycles. The highest BCUT2D eigenvalue weighted by Gasteiger charge is 2.19. The van der Waals surface area contributed by atoms with Crippen molar-refractivity contribution < 1.29 is 14.3 Å². The van der Waals surface area contributed by atoms with Crippen molar-refractivity contribution >= 4 is 16.9 Å². The number of carbonyl (C=O) groups is 1. The van der Waals surface area contributed by atoms with Gasteiger partial charge in [0.05, 0.1) is 16.8 Å². The number of hydrogen-bond acceptors (Lipinski definition) is 2. The summed E-state index contributed by atoms with van der Waals surface area (Å²) in [5, 5.41) is 9.99. The van der Waals surface area contributed by atoms with Crippen LogP contribution >= 0.6 is 0 Å². The minimum atomic E-state index is -1.08. The number of halogens is 1. The number of aryl methyl sites for hydroxylation is 1. The Labute approximate surface area is 146 Å². The minimum Gasteiger partial charge on any atom is -0.478 e.